The van der Waals surface area contributed by atoms with E-state index in [0.29, 0.717) is 34.1 Å². The average molecular weight is 508 g/mol. The van der Waals surface area contributed by atoms with Crippen molar-refractivity contribution in [2.75, 3.05) is 31.5 Å². The van der Waals surface area contributed by atoms with Crippen molar-refractivity contribution in [3.8, 4) is 11.1 Å². The fraction of sp³-hybridized carbons (Fsp3) is 0.286. The van der Waals surface area contributed by atoms with Gasteiger partial charge in [-0.15, -0.1) is 0 Å². The van der Waals surface area contributed by atoms with Crippen molar-refractivity contribution in [3.05, 3.63) is 94.0 Å². The minimum Gasteiger partial charge on any atom is -0.758 e. The molecule has 1 atom stereocenters. The quantitative estimate of drug-likeness (QED) is 0.338. The Morgan fingerprint density at radius 2 is 1.84 bits per heavy atom. The monoisotopic (exact) mass is 507 g/mol. The molecule has 0 saturated carbocycles. The Morgan fingerprint density at radius 1 is 1.14 bits per heavy atom. The van der Waals surface area contributed by atoms with E-state index < -0.39 is 23.6 Å². The third-order valence-electron chi connectivity index (χ3n) is 6.54. The average Bonchev–Trinajstić information content (AvgIpc) is 2.89. The van der Waals surface area contributed by atoms with Crippen molar-refractivity contribution in [1.29, 1.82) is 0 Å². The van der Waals surface area contributed by atoms with Crippen LogP contribution in [-0.2, 0) is 0 Å². The SMILES string of the molecule is CCN(CC)CCCNc1cc(-c2cccc(C(=O)O)c2)c2c(n1)C(c1c(F)cccc1F)N([O-])C=C2. The van der Waals surface area contributed by atoms with Gasteiger partial charge in [-0.1, -0.05) is 32.0 Å². The van der Waals surface area contributed by atoms with E-state index in [9.17, 15) is 23.9 Å². The van der Waals surface area contributed by atoms with E-state index >= 15 is 0 Å². The molecule has 0 amide bonds. The van der Waals surface area contributed by atoms with Crippen LogP contribution >= 0.6 is 0 Å². The summed E-state index contributed by atoms with van der Waals surface area (Å²) in [4.78, 5) is 18.5. The standard InChI is InChI=1S/C28H29F2N4O3/c1-3-33(4-2)14-7-13-31-24-17-21(18-8-5-9-19(16-18)28(35)36)20-12-15-34(37)27(26(20)32-24)25-22(29)10-6-11-23(25)30/h5-6,8-12,15-17,27H,3-4,7,13-14H2,1-2H3,(H,31,32)(H,35,36)/q-1. The van der Waals surface area contributed by atoms with Crippen LogP contribution in [0.2, 0.25) is 0 Å². The molecular formula is C28H29F2N4O3-. The number of carbonyl (C=O) groups is 1. The Morgan fingerprint density at radius 3 is 2.51 bits per heavy atom. The predicted molar refractivity (Wildman–Crippen MR) is 140 cm³/mol. The van der Waals surface area contributed by atoms with Crippen LogP contribution in [0, 0.1) is 16.8 Å². The molecule has 2 N–H and O–H groups in total. The highest BCUT2D eigenvalue weighted by Gasteiger charge is 2.30. The molecule has 0 aliphatic carbocycles. The molecular weight excluding hydrogens is 478 g/mol. The van der Waals surface area contributed by atoms with Crippen LogP contribution in [0.25, 0.3) is 17.2 Å². The predicted octanol–water partition coefficient (Wildman–Crippen LogP) is 5.74. The van der Waals surface area contributed by atoms with Gasteiger partial charge in [-0.3, -0.25) is 0 Å². The third-order valence-corrected chi connectivity index (χ3v) is 6.54. The largest absolute Gasteiger partial charge is 0.758 e. The molecule has 1 aliphatic rings. The van der Waals surface area contributed by atoms with Crippen LogP contribution in [0.5, 0.6) is 0 Å². The highest BCUT2D eigenvalue weighted by Crippen LogP contribution is 2.41. The number of nitrogens with one attached hydrogen (secondary N) is 1. The molecule has 0 spiro atoms. The van der Waals surface area contributed by atoms with Crippen molar-refractivity contribution in [2.24, 2.45) is 0 Å². The van der Waals surface area contributed by atoms with Crippen LogP contribution in [0.15, 0.2) is 54.7 Å². The summed E-state index contributed by atoms with van der Waals surface area (Å²) in [6, 6.07) is 10.3. The molecule has 194 valence electrons. The zero-order valence-corrected chi connectivity index (χ0v) is 20.7. The highest BCUT2D eigenvalue weighted by molar-refractivity contribution is 5.90. The summed E-state index contributed by atoms with van der Waals surface area (Å²) in [5.41, 5.74) is 1.58. The maximum atomic E-state index is 14.8. The molecule has 1 unspecified atom stereocenters. The number of rotatable bonds is 10. The van der Waals surface area contributed by atoms with Gasteiger partial charge < -0.3 is 25.6 Å². The summed E-state index contributed by atoms with van der Waals surface area (Å²) in [6.45, 7) is 7.57. The van der Waals surface area contributed by atoms with Gasteiger partial charge in [-0.05, 0) is 79.8 Å². The third kappa shape index (κ3) is 5.63. The van der Waals surface area contributed by atoms with Gasteiger partial charge in [-0.25, -0.2) is 18.6 Å². The highest BCUT2D eigenvalue weighted by atomic mass is 19.1. The maximum Gasteiger partial charge on any atom is 0.335 e. The molecule has 2 aromatic carbocycles. The summed E-state index contributed by atoms with van der Waals surface area (Å²) < 4.78 is 29.6. The Balaban J connectivity index is 1.81. The number of aromatic carboxylic acids is 1. The second-order valence-corrected chi connectivity index (χ2v) is 8.76. The molecule has 7 nitrogen and oxygen atoms in total. The summed E-state index contributed by atoms with van der Waals surface area (Å²) in [5, 5.41) is 26.2. The molecule has 0 fully saturated rings. The van der Waals surface area contributed by atoms with E-state index in [2.05, 4.69) is 29.0 Å². The van der Waals surface area contributed by atoms with Crippen LogP contribution in [0.3, 0.4) is 0 Å². The molecule has 1 aromatic heterocycles. The first-order valence-corrected chi connectivity index (χ1v) is 12.3. The van der Waals surface area contributed by atoms with E-state index in [4.69, 9.17) is 0 Å². The smallest absolute Gasteiger partial charge is 0.335 e. The van der Waals surface area contributed by atoms with Crippen molar-refractivity contribution in [3.63, 3.8) is 0 Å². The summed E-state index contributed by atoms with van der Waals surface area (Å²) in [5.74, 6) is -2.34. The summed E-state index contributed by atoms with van der Waals surface area (Å²) in [7, 11) is 0. The normalized spacial score (nSPS) is 14.6. The number of fused-ring (bicyclic) bond motifs is 1. The second-order valence-electron chi connectivity index (χ2n) is 8.76. The van der Waals surface area contributed by atoms with E-state index in [1.165, 1.54) is 30.5 Å². The first-order valence-electron chi connectivity index (χ1n) is 12.3. The van der Waals surface area contributed by atoms with E-state index in [-0.39, 0.29) is 16.8 Å². The van der Waals surface area contributed by atoms with Gasteiger partial charge in [0, 0.05) is 12.1 Å². The van der Waals surface area contributed by atoms with Crippen molar-refractivity contribution in [1.82, 2.24) is 14.9 Å². The number of hydrogen-bond donors (Lipinski definition) is 2. The van der Waals surface area contributed by atoms with Crippen LogP contribution in [-0.4, -0.2) is 52.2 Å². The number of pyridine rings is 1. The molecule has 37 heavy (non-hydrogen) atoms. The Labute approximate surface area is 214 Å². The lowest BCUT2D eigenvalue weighted by Crippen LogP contribution is -2.27. The Bertz CT molecular complexity index is 1290. The number of anilines is 1. The van der Waals surface area contributed by atoms with Gasteiger partial charge in [0.05, 0.1) is 22.9 Å². The zero-order valence-electron chi connectivity index (χ0n) is 20.7. The number of nitrogens with zero attached hydrogens (tertiary/aromatic N) is 3. The minimum atomic E-state index is -1.35. The van der Waals surface area contributed by atoms with Crippen LogP contribution < -0.4 is 5.32 Å². The lowest BCUT2D eigenvalue weighted by molar-refractivity contribution is 0.0697. The van der Waals surface area contributed by atoms with Gasteiger partial charge in [-0.2, -0.15) is 0 Å². The summed E-state index contributed by atoms with van der Waals surface area (Å²) in [6.07, 6.45) is 3.59. The molecule has 0 saturated heterocycles. The number of halogens is 2. The van der Waals surface area contributed by atoms with Crippen LogP contribution in [0.4, 0.5) is 14.6 Å². The fourth-order valence-corrected chi connectivity index (χ4v) is 4.56. The molecule has 4 rings (SSSR count). The number of carboxylic acids is 1. The Hall–Kier alpha value is -3.82. The van der Waals surface area contributed by atoms with Crippen molar-refractivity contribution >= 4 is 17.9 Å². The number of aromatic nitrogens is 1. The maximum absolute atomic E-state index is 14.8. The van der Waals surface area contributed by atoms with Gasteiger partial charge in [0.1, 0.15) is 17.5 Å². The fourth-order valence-electron chi connectivity index (χ4n) is 4.56. The zero-order chi connectivity index (χ0) is 26.5. The van der Waals surface area contributed by atoms with Gasteiger partial charge in [0.25, 0.3) is 0 Å². The van der Waals surface area contributed by atoms with Crippen LogP contribution in [0.1, 0.15) is 53.5 Å². The second kappa shape index (κ2) is 11.5. The number of hydroxylamine groups is 2. The first kappa shape index (κ1) is 26.2. The lowest BCUT2D eigenvalue weighted by Gasteiger charge is -2.40. The van der Waals surface area contributed by atoms with E-state index in [1.54, 1.807) is 18.2 Å². The molecule has 0 bridgehead atoms. The van der Waals surface area contributed by atoms with Gasteiger partial charge >= 0.3 is 5.97 Å². The van der Waals surface area contributed by atoms with Gasteiger partial charge in [0.15, 0.2) is 0 Å². The van der Waals surface area contributed by atoms with Gasteiger partial charge in [0.2, 0.25) is 0 Å². The molecule has 0 radical (unpaired) electrons. The van der Waals surface area contributed by atoms with Crippen molar-refractivity contribution < 1.29 is 18.7 Å². The number of hydrogen-bond acceptors (Lipinski definition) is 6. The molecule has 1 aliphatic heterocycles. The molecule has 2 heterocycles. The minimum absolute atomic E-state index is 0.0960. The molecule has 3 aromatic rings. The van der Waals surface area contributed by atoms with E-state index in [0.717, 1.165) is 38.2 Å². The number of carboxylic acid groups (broad SMARTS) is 1. The lowest BCUT2D eigenvalue weighted by atomic mass is 9.90. The van der Waals surface area contributed by atoms with E-state index in [1.807, 2.05) is 0 Å². The Kier molecular flexibility index (Phi) is 8.15. The summed E-state index contributed by atoms with van der Waals surface area (Å²) >= 11 is 0. The topological polar surface area (TPSA) is 91.8 Å². The number of benzene rings is 2. The molecule has 9 heteroatoms. The first-order chi connectivity index (χ1) is 17.8. The van der Waals surface area contributed by atoms with Crippen molar-refractivity contribution in [2.45, 2.75) is 26.3 Å².